The number of benzene rings is 3. The highest BCUT2D eigenvalue weighted by atomic mass is 32.2. The lowest BCUT2D eigenvalue weighted by Gasteiger charge is -2.22. The van der Waals surface area contributed by atoms with Gasteiger partial charge in [-0.15, -0.1) is 11.3 Å². The second-order valence-electron chi connectivity index (χ2n) is 7.72. The Bertz CT molecular complexity index is 1390. The number of carbonyl (C=O) groups excluding carboxylic acids is 1. The molecule has 1 aromatic heterocycles. The molecular weight excluding hydrogens is 442 g/mol. The minimum Gasteiger partial charge on any atom is -0.325 e. The highest BCUT2D eigenvalue weighted by Gasteiger charge is 2.21. The van der Waals surface area contributed by atoms with Crippen LogP contribution in [0.2, 0.25) is 0 Å². The third-order valence-corrected chi connectivity index (χ3v) is 7.16. The fraction of sp³-hybridized carbons (Fsp3) is 0.167. The first-order chi connectivity index (χ1) is 15.2. The number of sulfonamides is 1. The fourth-order valence-corrected chi connectivity index (χ4v) is 5.17. The molecule has 0 bridgehead atoms. The lowest BCUT2D eigenvalue weighted by atomic mass is 10.2. The molecule has 3 aromatic carbocycles. The van der Waals surface area contributed by atoms with Gasteiger partial charge in [-0.05, 0) is 73.5 Å². The Morgan fingerprint density at radius 2 is 1.72 bits per heavy atom. The van der Waals surface area contributed by atoms with Gasteiger partial charge in [0.25, 0.3) is 0 Å². The molecule has 0 atom stereocenters. The van der Waals surface area contributed by atoms with Crippen LogP contribution < -0.4 is 9.62 Å². The van der Waals surface area contributed by atoms with Crippen molar-refractivity contribution in [2.75, 3.05) is 22.4 Å². The third kappa shape index (κ3) is 4.98. The minimum atomic E-state index is -3.62. The first-order valence-electron chi connectivity index (χ1n) is 10.0. The zero-order valence-corrected chi connectivity index (χ0v) is 19.6. The van der Waals surface area contributed by atoms with Crippen LogP contribution >= 0.6 is 11.3 Å². The van der Waals surface area contributed by atoms with Crippen molar-refractivity contribution in [2.45, 2.75) is 13.8 Å². The minimum absolute atomic E-state index is 0.304. The van der Waals surface area contributed by atoms with Gasteiger partial charge in [-0.2, -0.15) is 0 Å². The molecule has 4 rings (SSSR count). The Morgan fingerprint density at radius 1 is 1.00 bits per heavy atom. The van der Waals surface area contributed by atoms with Gasteiger partial charge in [-0.3, -0.25) is 9.10 Å². The molecule has 0 aliphatic carbocycles. The summed E-state index contributed by atoms with van der Waals surface area (Å²) in [5, 5.41) is 3.69. The van der Waals surface area contributed by atoms with E-state index in [1.54, 1.807) is 41.7 Å². The summed E-state index contributed by atoms with van der Waals surface area (Å²) >= 11 is 1.62. The summed E-state index contributed by atoms with van der Waals surface area (Å²) in [6.45, 7) is 3.61. The van der Waals surface area contributed by atoms with Crippen molar-refractivity contribution in [1.82, 2.24) is 4.98 Å². The predicted molar refractivity (Wildman–Crippen MR) is 132 cm³/mol. The standard InChI is InChI=1S/C24H23N3O3S2/c1-16-5-4-6-20(13-16)27(32(3,29)30)15-23(28)25-19-10-8-18(9-11-19)24-26-21-14-17(2)7-12-22(21)31-24/h4-14H,15H2,1-3H3,(H,25,28). The maximum atomic E-state index is 12.6. The first kappa shape index (κ1) is 22.0. The van der Waals surface area contributed by atoms with E-state index in [1.807, 2.05) is 32.0 Å². The second kappa shape index (κ2) is 8.72. The predicted octanol–water partition coefficient (Wildman–Crippen LogP) is 4.98. The largest absolute Gasteiger partial charge is 0.325 e. The molecule has 32 heavy (non-hydrogen) atoms. The van der Waals surface area contributed by atoms with E-state index in [0.29, 0.717) is 11.4 Å². The number of hydrogen-bond donors (Lipinski definition) is 1. The van der Waals surface area contributed by atoms with E-state index in [0.717, 1.165) is 36.9 Å². The summed E-state index contributed by atoms with van der Waals surface area (Å²) < 4.78 is 26.8. The topological polar surface area (TPSA) is 79.4 Å². The highest BCUT2D eigenvalue weighted by Crippen LogP contribution is 2.31. The Balaban J connectivity index is 1.49. The Kier molecular flexibility index (Phi) is 5.99. The maximum absolute atomic E-state index is 12.6. The van der Waals surface area contributed by atoms with Crippen molar-refractivity contribution >= 4 is 48.9 Å². The number of aryl methyl sites for hydroxylation is 2. The van der Waals surface area contributed by atoms with E-state index < -0.39 is 15.9 Å². The van der Waals surface area contributed by atoms with Crippen LogP contribution in [0, 0.1) is 13.8 Å². The summed E-state index contributed by atoms with van der Waals surface area (Å²) in [5.74, 6) is -0.417. The number of thiazole rings is 1. The van der Waals surface area contributed by atoms with Crippen LogP contribution in [0.5, 0.6) is 0 Å². The van der Waals surface area contributed by atoms with Gasteiger partial charge < -0.3 is 5.32 Å². The van der Waals surface area contributed by atoms with E-state index in [9.17, 15) is 13.2 Å². The van der Waals surface area contributed by atoms with E-state index in [1.165, 1.54) is 5.56 Å². The normalized spacial score (nSPS) is 11.5. The summed E-state index contributed by atoms with van der Waals surface area (Å²) in [7, 11) is -3.62. The van der Waals surface area contributed by atoms with Crippen LogP contribution in [0.1, 0.15) is 11.1 Å². The molecule has 8 heteroatoms. The molecule has 164 valence electrons. The Labute approximate surface area is 191 Å². The lowest BCUT2D eigenvalue weighted by molar-refractivity contribution is -0.114. The average molecular weight is 466 g/mol. The molecule has 1 N–H and O–H groups in total. The summed E-state index contributed by atoms with van der Waals surface area (Å²) in [6, 6.07) is 20.6. The van der Waals surface area contributed by atoms with Crippen molar-refractivity contribution in [3.63, 3.8) is 0 Å². The molecule has 1 heterocycles. The van der Waals surface area contributed by atoms with Gasteiger partial charge in [0.05, 0.1) is 22.2 Å². The Hall–Kier alpha value is -3.23. The summed E-state index contributed by atoms with van der Waals surface area (Å²) in [6.07, 6.45) is 1.09. The van der Waals surface area contributed by atoms with Crippen LogP contribution in [-0.2, 0) is 14.8 Å². The smallest absolute Gasteiger partial charge is 0.245 e. The zero-order chi connectivity index (χ0) is 22.9. The zero-order valence-electron chi connectivity index (χ0n) is 18.0. The number of anilines is 2. The van der Waals surface area contributed by atoms with Crippen LogP contribution in [0.4, 0.5) is 11.4 Å². The lowest BCUT2D eigenvalue weighted by Crippen LogP contribution is -2.37. The van der Waals surface area contributed by atoms with Crippen molar-refractivity contribution in [2.24, 2.45) is 0 Å². The van der Waals surface area contributed by atoms with Gasteiger partial charge in [0.2, 0.25) is 15.9 Å². The number of hydrogen-bond acceptors (Lipinski definition) is 5. The molecule has 4 aromatic rings. The monoisotopic (exact) mass is 465 g/mol. The van der Waals surface area contributed by atoms with Crippen molar-refractivity contribution in [3.8, 4) is 10.6 Å². The Morgan fingerprint density at radius 3 is 2.41 bits per heavy atom. The number of carbonyl (C=O) groups is 1. The number of nitrogens with zero attached hydrogens (tertiary/aromatic N) is 2. The quantitative estimate of drug-likeness (QED) is 0.435. The molecule has 6 nitrogen and oxygen atoms in total. The number of nitrogens with one attached hydrogen (secondary N) is 1. The molecular formula is C24H23N3O3S2. The number of amides is 1. The second-order valence-corrected chi connectivity index (χ2v) is 10.7. The first-order valence-corrected chi connectivity index (χ1v) is 12.7. The average Bonchev–Trinajstić information content (AvgIpc) is 3.15. The van der Waals surface area contributed by atoms with E-state index in [-0.39, 0.29) is 6.54 Å². The molecule has 0 aliphatic rings. The number of rotatable bonds is 6. The maximum Gasteiger partial charge on any atom is 0.245 e. The fourth-order valence-electron chi connectivity index (χ4n) is 3.37. The number of fused-ring (bicyclic) bond motifs is 1. The summed E-state index contributed by atoms with van der Waals surface area (Å²) in [4.78, 5) is 17.3. The third-order valence-electron chi connectivity index (χ3n) is 4.94. The van der Waals surface area contributed by atoms with Crippen LogP contribution in [0.15, 0.2) is 66.7 Å². The molecule has 0 fully saturated rings. The van der Waals surface area contributed by atoms with Crippen molar-refractivity contribution in [3.05, 3.63) is 77.9 Å². The van der Waals surface area contributed by atoms with Crippen molar-refractivity contribution < 1.29 is 13.2 Å². The molecule has 0 aliphatic heterocycles. The molecule has 0 saturated carbocycles. The molecule has 1 amide bonds. The van der Waals surface area contributed by atoms with Crippen LogP contribution in [-0.4, -0.2) is 32.1 Å². The molecule has 0 spiro atoms. The van der Waals surface area contributed by atoms with E-state index >= 15 is 0 Å². The van der Waals surface area contributed by atoms with E-state index in [4.69, 9.17) is 4.98 Å². The van der Waals surface area contributed by atoms with Crippen LogP contribution in [0.25, 0.3) is 20.8 Å². The van der Waals surface area contributed by atoms with Crippen LogP contribution in [0.3, 0.4) is 0 Å². The van der Waals surface area contributed by atoms with Gasteiger partial charge in [-0.25, -0.2) is 13.4 Å². The SMILES string of the molecule is Cc1cccc(N(CC(=O)Nc2ccc(-c3nc4cc(C)ccc4s3)cc2)S(C)(=O)=O)c1. The molecule has 0 radical (unpaired) electrons. The van der Waals surface area contributed by atoms with Gasteiger partial charge in [-0.1, -0.05) is 18.2 Å². The van der Waals surface area contributed by atoms with Gasteiger partial charge in [0.15, 0.2) is 0 Å². The van der Waals surface area contributed by atoms with Crippen molar-refractivity contribution in [1.29, 1.82) is 0 Å². The number of aromatic nitrogens is 1. The highest BCUT2D eigenvalue weighted by molar-refractivity contribution is 7.92. The van der Waals surface area contributed by atoms with Gasteiger partial charge >= 0.3 is 0 Å². The molecule has 0 saturated heterocycles. The van der Waals surface area contributed by atoms with Gasteiger partial charge in [0, 0.05) is 11.3 Å². The van der Waals surface area contributed by atoms with Gasteiger partial charge in [0.1, 0.15) is 11.6 Å². The van der Waals surface area contributed by atoms with E-state index in [2.05, 4.69) is 23.5 Å². The summed E-state index contributed by atoms with van der Waals surface area (Å²) in [5.41, 5.74) is 5.06. The molecule has 0 unspecified atom stereocenters.